The van der Waals surface area contributed by atoms with Crippen molar-refractivity contribution in [3.63, 3.8) is 0 Å². The van der Waals surface area contributed by atoms with Crippen LogP contribution in [0.3, 0.4) is 0 Å². The van der Waals surface area contributed by atoms with E-state index in [1.807, 2.05) is 12.1 Å². The molecular formula is C17H16Cl2OS. The fourth-order valence-corrected chi connectivity index (χ4v) is 4.33. The monoisotopic (exact) mass is 338 g/mol. The van der Waals surface area contributed by atoms with E-state index in [2.05, 4.69) is 6.07 Å². The predicted octanol–water partition coefficient (Wildman–Crippen LogP) is 5.75. The smallest absolute Gasteiger partial charge is 0.177 e. The van der Waals surface area contributed by atoms with Crippen LogP contribution < -0.4 is 0 Å². The summed E-state index contributed by atoms with van der Waals surface area (Å²) in [5, 5.41) is 0.995. The molecule has 110 valence electrons. The number of carbonyl (C=O) groups excluding carboxylic acids is 1. The Morgan fingerprint density at radius 2 is 1.95 bits per heavy atom. The molecule has 0 atom stereocenters. The van der Waals surface area contributed by atoms with Gasteiger partial charge in [0.05, 0.1) is 14.9 Å². The second kappa shape index (κ2) is 6.51. The third-order valence-electron chi connectivity index (χ3n) is 3.90. The third kappa shape index (κ3) is 3.33. The maximum atomic E-state index is 12.5. The molecule has 0 aliphatic heterocycles. The average molecular weight is 339 g/mol. The van der Waals surface area contributed by atoms with Crippen LogP contribution in [-0.4, -0.2) is 5.78 Å². The van der Waals surface area contributed by atoms with Gasteiger partial charge in [0.15, 0.2) is 5.78 Å². The summed E-state index contributed by atoms with van der Waals surface area (Å²) in [6.45, 7) is 0. The lowest BCUT2D eigenvalue weighted by Crippen LogP contribution is -2.02. The van der Waals surface area contributed by atoms with Crippen molar-refractivity contribution in [1.29, 1.82) is 0 Å². The first-order chi connectivity index (χ1) is 10.1. The van der Waals surface area contributed by atoms with Gasteiger partial charge in [-0.2, -0.15) is 0 Å². The second-order valence-electron chi connectivity index (χ2n) is 5.43. The summed E-state index contributed by atoms with van der Waals surface area (Å²) in [7, 11) is 0. The fourth-order valence-electron chi connectivity index (χ4n) is 2.75. The Hall–Kier alpha value is -0.830. The van der Waals surface area contributed by atoms with Crippen molar-refractivity contribution in [2.24, 2.45) is 0 Å². The average Bonchev–Trinajstić information content (AvgIpc) is 2.75. The number of thiophene rings is 1. The zero-order valence-electron chi connectivity index (χ0n) is 11.6. The number of carbonyl (C=O) groups is 1. The number of hydrogen-bond acceptors (Lipinski definition) is 2. The Labute approximate surface area is 138 Å². The molecule has 1 aliphatic rings. The van der Waals surface area contributed by atoms with Crippen molar-refractivity contribution >= 4 is 40.3 Å². The molecule has 1 aromatic carbocycles. The lowest BCUT2D eigenvalue weighted by atomic mass is 10.1. The van der Waals surface area contributed by atoms with Gasteiger partial charge in [0, 0.05) is 11.3 Å². The quantitative estimate of drug-likeness (QED) is 0.514. The van der Waals surface area contributed by atoms with Gasteiger partial charge in [-0.1, -0.05) is 41.8 Å². The molecule has 2 aromatic rings. The molecule has 1 heterocycles. The van der Waals surface area contributed by atoms with Crippen LogP contribution >= 0.6 is 34.5 Å². The molecule has 0 saturated carbocycles. The van der Waals surface area contributed by atoms with Gasteiger partial charge in [-0.25, -0.2) is 0 Å². The largest absolute Gasteiger partial charge is 0.293 e. The van der Waals surface area contributed by atoms with E-state index in [0.717, 1.165) is 23.3 Å². The van der Waals surface area contributed by atoms with Crippen molar-refractivity contribution in [2.75, 3.05) is 0 Å². The first-order valence-corrected chi connectivity index (χ1v) is 8.80. The molecular weight excluding hydrogens is 323 g/mol. The summed E-state index contributed by atoms with van der Waals surface area (Å²) >= 11 is 13.8. The molecule has 0 saturated heterocycles. The van der Waals surface area contributed by atoms with Crippen LogP contribution in [0.1, 0.15) is 44.9 Å². The Bertz CT molecular complexity index is 652. The molecule has 1 aliphatic carbocycles. The van der Waals surface area contributed by atoms with E-state index in [1.54, 1.807) is 17.4 Å². The number of rotatable bonds is 3. The van der Waals surface area contributed by atoms with E-state index in [1.165, 1.54) is 29.7 Å². The van der Waals surface area contributed by atoms with E-state index < -0.39 is 0 Å². The van der Waals surface area contributed by atoms with Crippen molar-refractivity contribution < 1.29 is 4.79 Å². The van der Waals surface area contributed by atoms with Crippen LogP contribution in [-0.2, 0) is 19.3 Å². The molecule has 0 radical (unpaired) electrons. The van der Waals surface area contributed by atoms with Crippen molar-refractivity contribution in [1.82, 2.24) is 0 Å². The van der Waals surface area contributed by atoms with Crippen LogP contribution in [0.4, 0.5) is 0 Å². The maximum absolute atomic E-state index is 12.5. The van der Waals surface area contributed by atoms with Crippen LogP contribution in [0.25, 0.3) is 0 Å². The SMILES string of the molecule is O=C(Cc1cccc(Cl)c1Cl)c1cc2c(s1)CCCCC2. The molecule has 0 amide bonds. The zero-order chi connectivity index (χ0) is 14.8. The first kappa shape index (κ1) is 15.1. The standard InChI is InChI=1S/C17H16Cl2OS/c18-13-7-4-6-12(17(13)19)9-14(20)16-10-11-5-2-1-3-8-15(11)21-16/h4,6-7,10H,1-3,5,8-9H2. The van der Waals surface area contributed by atoms with Gasteiger partial charge in [0.1, 0.15) is 0 Å². The van der Waals surface area contributed by atoms with Crippen molar-refractivity contribution in [3.05, 3.63) is 55.2 Å². The van der Waals surface area contributed by atoms with Crippen molar-refractivity contribution in [2.45, 2.75) is 38.5 Å². The van der Waals surface area contributed by atoms with E-state index in [9.17, 15) is 4.79 Å². The highest BCUT2D eigenvalue weighted by atomic mass is 35.5. The highest BCUT2D eigenvalue weighted by Crippen LogP contribution is 2.31. The van der Waals surface area contributed by atoms with Gasteiger partial charge in [-0.05, 0) is 48.9 Å². The van der Waals surface area contributed by atoms with Crippen LogP contribution in [0.5, 0.6) is 0 Å². The van der Waals surface area contributed by atoms with E-state index in [-0.39, 0.29) is 5.78 Å². The Kier molecular flexibility index (Phi) is 4.68. The summed E-state index contributed by atoms with van der Waals surface area (Å²) in [6.07, 6.45) is 6.31. The van der Waals surface area contributed by atoms with E-state index >= 15 is 0 Å². The van der Waals surface area contributed by atoms with Crippen LogP contribution in [0.15, 0.2) is 24.3 Å². The van der Waals surface area contributed by atoms with Gasteiger partial charge >= 0.3 is 0 Å². The normalized spacial score (nSPS) is 14.6. The molecule has 3 rings (SSSR count). The molecule has 0 bridgehead atoms. The minimum Gasteiger partial charge on any atom is -0.293 e. The molecule has 0 fully saturated rings. The highest BCUT2D eigenvalue weighted by molar-refractivity contribution is 7.14. The minimum atomic E-state index is 0.136. The Balaban J connectivity index is 1.81. The lowest BCUT2D eigenvalue weighted by Gasteiger charge is -2.04. The minimum absolute atomic E-state index is 0.136. The zero-order valence-corrected chi connectivity index (χ0v) is 14.0. The van der Waals surface area contributed by atoms with Crippen molar-refractivity contribution in [3.8, 4) is 0 Å². The Morgan fingerprint density at radius 1 is 1.14 bits per heavy atom. The van der Waals surface area contributed by atoms with Crippen LogP contribution in [0.2, 0.25) is 10.0 Å². The third-order valence-corrected chi connectivity index (χ3v) is 6.04. The molecule has 0 spiro atoms. The Morgan fingerprint density at radius 3 is 2.81 bits per heavy atom. The molecule has 21 heavy (non-hydrogen) atoms. The summed E-state index contributed by atoms with van der Waals surface area (Å²) in [5.41, 5.74) is 2.18. The van der Waals surface area contributed by atoms with Gasteiger partial charge in [0.25, 0.3) is 0 Å². The number of fused-ring (bicyclic) bond motifs is 1. The molecule has 1 nitrogen and oxygen atoms in total. The number of aryl methyl sites for hydroxylation is 2. The lowest BCUT2D eigenvalue weighted by molar-refractivity contribution is 0.0997. The summed E-state index contributed by atoms with van der Waals surface area (Å²) in [5.74, 6) is 0.136. The first-order valence-electron chi connectivity index (χ1n) is 7.23. The van der Waals surface area contributed by atoms with Crippen LogP contribution in [0, 0.1) is 0 Å². The van der Waals surface area contributed by atoms with Gasteiger partial charge in [-0.3, -0.25) is 4.79 Å². The molecule has 0 N–H and O–H groups in total. The number of ketones is 1. The number of halogens is 2. The topological polar surface area (TPSA) is 17.1 Å². The molecule has 1 aromatic heterocycles. The van der Waals surface area contributed by atoms with E-state index in [0.29, 0.717) is 16.5 Å². The number of hydrogen-bond donors (Lipinski definition) is 0. The fraction of sp³-hybridized carbons (Fsp3) is 0.353. The predicted molar refractivity (Wildman–Crippen MR) is 90.1 cm³/mol. The maximum Gasteiger partial charge on any atom is 0.177 e. The summed E-state index contributed by atoms with van der Waals surface area (Å²) in [6, 6.07) is 7.53. The van der Waals surface area contributed by atoms with Gasteiger partial charge in [0.2, 0.25) is 0 Å². The van der Waals surface area contributed by atoms with Gasteiger partial charge in [-0.15, -0.1) is 11.3 Å². The second-order valence-corrected chi connectivity index (χ2v) is 7.35. The van der Waals surface area contributed by atoms with Gasteiger partial charge < -0.3 is 0 Å². The molecule has 4 heteroatoms. The highest BCUT2D eigenvalue weighted by Gasteiger charge is 2.17. The molecule has 0 unspecified atom stereocenters. The number of benzene rings is 1. The van der Waals surface area contributed by atoms with E-state index in [4.69, 9.17) is 23.2 Å². The number of Topliss-reactive ketones (excluding diaryl/α,β-unsaturated/α-hetero) is 1. The summed E-state index contributed by atoms with van der Waals surface area (Å²) < 4.78 is 0. The summed E-state index contributed by atoms with van der Waals surface area (Å²) in [4.78, 5) is 14.7.